The van der Waals surface area contributed by atoms with Crippen molar-refractivity contribution in [2.75, 3.05) is 0 Å². The third kappa shape index (κ3) is 1.55. The van der Waals surface area contributed by atoms with Gasteiger partial charge in [0.1, 0.15) is 6.17 Å². The number of alkyl halides is 2. The van der Waals surface area contributed by atoms with E-state index in [9.17, 15) is 4.39 Å². The zero-order valence-corrected chi connectivity index (χ0v) is 5.90. The molecule has 0 N–H and O–H groups in total. The minimum atomic E-state index is -1.00. The second kappa shape index (κ2) is 2.53. The number of hydrogen-bond acceptors (Lipinski definition) is 0. The van der Waals surface area contributed by atoms with Gasteiger partial charge in [0.15, 0.2) is 0 Å². The van der Waals surface area contributed by atoms with Crippen LogP contribution in [0, 0.1) is 0 Å². The molecule has 50 valence electrons. The minimum Gasteiger partial charge on any atom is -0.241 e. The Kier molecular flexibility index (Phi) is 1.91. The largest absolute Gasteiger partial charge is 0.241 e. The number of hydrogen-bond donors (Lipinski definition) is 0. The molecule has 0 bridgehead atoms. The zero-order chi connectivity index (χ0) is 6.85. The van der Waals surface area contributed by atoms with Crippen LogP contribution < -0.4 is 0 Å². The Labute approximate surface area is 59.0 Å². The van der Waals surface area contributed by atoms with E-state index in [2.05, 4.69) is 0 Å². The average molecular weight is 147 g/mol. The molecule has 0 saturated carbocycles. The van der Waals surface area contributed by atoms with Gasteiger partial charge < -0.3 is 0 Å². The van der Waals surface area contributed by atoms with Crippen molar-refractivity contribution >= 4 is 11.6 Å². The lowest BCUT2D eigenvalue weighted by Gasteiger charge is -2.11. The van der Waals surface area contributed by atoms with E-state index in [1.165, 1.54) is 6.08 Å². The van der Waals surface area contributed by atoms with Gasteiger partial charge in [-0.25, -0.2) is 4.39 Å². The Bertz CT molecular complexity index is 160. The van der Waals surface area contributed by atoms with E-state index in [0.29, 0.717) is 0 Å². The van der Waals surface area contributed by atoms with Gasteiger partial charge in [-0.2, -0.15) is 0 Å². The topological polar surface area (TPSA) is 0 Å². The van der Waals surface area contributed by atoms with Gasteiger partial charge in [0.2, 0.25) is 0 Å². The first-order chi connectivity index (χ1) is 4.20. The van der Waals surface area contributed by atoms with Gasteiger partial charge in [-0.1, -0.05) is 17.7 Å². The van der Waals surface area contributed by atoms with Crippen LogP contribution in [0.3, 0.4) is 0 Å². The molecule has 0 aromatic carbocycles. The maximum atomic E-state index is 12.5. The summed E-state index contributed by atoms with van der Waals surface area (Å²) in [4.78, 5) is 0. The molecule has 0 nitrogen and oxygen atoms in total. The maximum Gasteiger partial charge on any atom is 0.138 e. The molecule has 1 aliphatic rings. The molecule has 2 atom stereocenters. The van der Waals surface area contributed by atoms with Crippen molar-refractivity contribution in [3.05, 3.63) is 23.8 Å². The first-order valence-corrected chi connectivity index (χ1v) is 3.28. The molecular weight excluding hydrogens is 139 g/mol. The number of halogens is 2. The summed E-state index contributed by atoms with van der Waals surface area (Å²) in [6.45, 7) is 1.90. The number of rotatable bonds is 0. The molecule has 2 heteroatoms. The fraction of sp³-hybridized carbons (Fsp3) is 0.429. The molecule has 0 fully saturated rings. The molecular formula is C7H8ClF. The summed E-state index contributed by atoms with van der Waals surface area (Å²) in [5, 5.41) is -0.463. The standard InChI is InChI=1S/C7H8ClF/c1-5-2-3-7(9)6(8)4-5/h2-4,6-7H,1H3. The third-order valence-corrected chi connectivity index (χ3v) is 1.64. The van der Waals surface area contributed by atoms with Crippen LogP contribution in [0.5, 0.6) is 0 Å². The highest BCUT2D eigenvalue weighted by Crippen LogP contribution is 2.17. The molecule has 1 aliphatic carbocycles. The van der Waals surface area contributed by atoms with E-state index in [-0.39, 0.29) is 0 Å². The SMILES string of the molecule is CC1=CC(Cl)C(F)C=C1. The summed E-state index contributed by atoms with van der Waals surface area (Å²) in [7, 11) is 0. The maximum absolute atomic E-state index is 12.5. The van der Waals surface area contributed by atoms with Crippen LogP contribution in [-0.2, 0) is 0 Å². The Morgan fingerprint density at radius 1 is 1.67 bits per heavy atom. The predicted octanol–water partition coefficient (Wildman–Crippen LogP) is 2.45. The molecule has 2 unspecified atom stereocenters. The number of allylic oxidation sites excluding steroid dienone is 4. The van der Waals surface area contributed by atoms with Crippen molar-refractivity contribution in [1.82, 2.24) is 0 Å². The lowest BCUT2D eigenvalue weighted by atomic mass is 10.1. The van der Waals surface area contributed by atoms with Crippen molar-refractivity contribution in [1.29, 1.82) is 0 Å². The Hall–Kier alpha value is -0.300. The summed E-state index contributed by atoms with van der Waals surface area (Å²) in [6.07, 6.45) is 3.93. The van der Waals surface area contributed by atoms with E-state index in [0.717, 1.165) is 5.57 Å². The van der Waals surface area contributed by atoms with Gasteiger partial charge in [0, 0.05) is 0 Å². The van der Waals surface area contributed by atoms with E-state index < -0.39 is 11.5 Å². The van der Waals surface area contributed by atoms with Gasteiger partial charge in [-0.15, -0.1) is 11.6 Å². The van der Waals surface area contributed by atoms with Crippen LogP contribution in [-0.4, -0.2) is 11.5 Å². The quantitative estimate of drug-likeness (QED) is 0.461. The summed E-state index contributed by atoms with van der Waals surface area (Å²) >= 11 is 5.56. The van der Waals surface area contributed by atoms with Crippen molar-refractivity contribution in [2.24, 2.45) is 0 Å². The van der Waals surface area contributed by atoms with Crippen LogP contribution in [0.1, 0.15) is 6.92 Å². The lowest BCUT2D eigenvalue weighted by molar-refractivity contribution is 0.404. The highest BCUT2D eigenvalue weighted by atomic mass is 35.5. The average Bonchev–Trinajstić information content (AvgIpc) is 1.80. The third-order valence-electron chi connectivity index (χ3n) is 1.27. The summed E-state index contributed by atoms with van der Waals surface area (Å²) < 4.78 is 12.5. The highest BCUT2D eigenvalue weighted by Gasteiger charge is 2.15. The van der Waals surface area contributed by atoms with Crippen LogP contribution in [0.4, 0.5) is 4.39 Å². The highest BCUT2D eigenvalue weighted by molar-refractivity contribution is 6.22. The second-order valence-corrected chi connectivity index (χ2v) is 2.66. The summed E-state index contributed by atoms with van der Waals surface area (Å²) in [5.41, 5.74) is 1.03. The predicted molar refractivity (Wildman–Crippen MR) is 37.4 cm³/mol. The van der Waals surface area contributed by atoms with Gasteiger partial charge >= 0.3 is 0 Å². The molecule has 0 aromatic heterocycles. The van der Waals surface area contributed by atoms with Crippen LogP contribution in [0.15, 0.2) is 23.8 Å². The monoisotopic (exact) mass is 146 g/mol. The first kappa shape index (κ1) is 6.81. The summed E-state index contributed by atoms with van der Waals surface area (Å²) in [6, 6.07) is 0. The molecule has 0 saturated heterocycles. The Balaban J connectivity index is 2.70. The molecule has 0 heterocycles. The molecule has 0 radical (unpaired) electrons. The van der Waals surface area contributed by atoms with Crippen LogP contribution in [0.2, 0.25) is 0 Å². The first-order valence-electron chi connectivity index (χ1n) is 2.85. The van der Waals surface area contributed by atoms with Gasteiger partial charge in [0.05, 0.1) is 5.38 Å². The fourth-order valence-corrected chi connectivity index (χ4v) is 1.03. The normalized spacial score (nSPS) is 34.3. The zero-order valence-electron chi connectivity index (χ0n) is 5.14. The van der Waals surface area contributed by atoms with Crippen LogP contribution in [0.25, 0.3) is 0 Å². The molecule has 1 rings (SSSR count). The second-order valence-electron chi connectivity index (χ2n) is 2.16. The van der Waals surface area contributed by atoms with Gasteiger partial charge in [-0.05, 0) is 13.0 Å². The molecule has 0 spiro atoms. The van der Waals surface area contributed by atoms with E-state index in [1.54, 1.807) is 12.2 Å². The van der Waals surface area contributed by atoms with Gasteiger partial charge in [0.25, 0.3) is 0 Å². The fourth-order valence-electron chi connectivity index (χ4n) is 0.748. The molecule has 9 heavy (non-hydrogen) atoms. The smallest absolute Gasteiger partial charge is 0.138 e. The van der Waals surface area contributed by atoms with E-state index in [4.69, 9.17) is 11.6 Å². The minimum absolute atomic E-state index is 0.463. The summed E-state index contributed by atoms with van der Waals surface area (Å²) in [5.74, 6) is 0. The van der Waals surface area contributed by atoms with Crippen molar-refractivity contribution in [3.8, 4) is 0 Å². The molecule has 0 amide bonds. The van der Waals surface area contributed by atoms with Gasteiger partial charge in [-0.3, -0.25) is 0 Å². The van der Waals surface area contributed by atoms with E-state index >= 15 is 0 Å². The Morgan fingerprint density at radius 3 is 2.78 bits per heavy atom. The van der Waals surface area contributed by atoms with Crippen molar-refractivity contribution in [2.45, 2.75) is 18.5 Å². The van der Waals surface area contributed by atoms with E-state index in [1.807, 2.05) is 6.92 Å². The molecule has 0 aliphatic heterocycles. The lowest BCUT2D eigenvalue weighted by Crippen LogP contribution is -2.13. The van der Waals surface area contributed by atoms with Crippen molar-refractivity contribution < 1.29 is 4.39 Å². The van der Waals surface area contributed by atoms with Crippen LogP contribution >= 0.6 is 11.6 Å². The molecule has 0 aromatic rings. The Morgan fingerprint density at radius 2 is 2.33 bits per heavy atom. The van der Waals surface area contributed by atoms with Crippen molar-refractivity contribution in [3.63, 3.8) is 0 Å².